The standard InChI is InChI=1S/C14H20N2O/c1-12(9-10-13(2)17)15-16(3)11-14-7-5-4-6-8-14/h4-8H,9-11H2,1-3H3/b15-12+. The van der Waals surface area contributed by atoms with Crippen molar-refractivity contribution in [1.29, 1.82) is 0 Å². The van der Waals surface area contributed by atoms with E-state index in [1.807, 2.05) is 37.2 Å². The molecule has 0 aliphatic rings. The molecule has 92 valence electrons. The molecule has 0 fully saturated rings. The minimum Gasteiger partial charge on any atom is -0.300 e. The summed E-state index contributed by atoms with van der Waals surface area (Å²) in [6.07, 6.45) is 1.32. The third-order valence-electron chi connectivity index (χ3n) is 2.43. The fourth-order valence-corrected chi connectivity index (χ4v) is 1.58. The number of nitrogens with zero attached hydrogens (tertiary/aromatic N) is 2. The quantitative estimate of drug-likeness (QED) is 0.558. The Balaban J connectivity index is 2.45. The van der Waals surface area contributed by atoms with E-state index in [0.717, 1.165) is 18.7 Å². The van der Waals surface area contributed by atoms with Gasteiger partial charge in [0.25, 0.3) is 0 Å². The van der Waals surface area contributed by atoms with Crippen LogP contribution in [0.15, 0.2) is 35.4 Å². The molecule has 1 aromatic carbocycles. The van der Waals surface area contributed by atoms with E-state index in [1.165, 1.54) is 5.56 Å². The molecule has 0 unspecified atom stereocenters. The van der Waals surface area contributed by atoms with Gasteiger partial charge in [0.05, 0.1) is 6.54 Å². The Morgan fingerprint density at radius 1 is 1.18 bits per heavy atom. The smallest absolute Gasteiger partial charge is 0.130 e. The van der Waals surface area contributed by atoms with Crippen LogP contribution >= 0.6 is 0 Å². The van der Waals surface area contributed by atoms with Crippen molar-refractivity contribution in [2.75, 3.05) is 7.05 Å². The van der Waals surface area contributed by atoms with Crippen LogP contribution in [0, 0.1) is 0 Å². The highest BCUT2D eigenvalue weighted by Gasteiger charge is 2.00. The maximum absolute atomic E-state index is 10.9. The third-order valence-corrected chi connectivity index (χ3v) is 2.43. The molecule has 3 heteroatoms. The van der Waals surface area contributed by atoms with E-state index in [1.54, 1.807) is 6.92 Å². The zero-order valence-corrected chi connectivity index (χ0v) is 10.8. The number of hydrogen-bond donors (Lipinski definition) is 0. The molecule has 0 heterocycles. The number of hydrogen-bond acceptors (Lipinski definition) is 3. The summed E-state index contributed by atoms with van der Waals surface area (Å²) in [5.74, 6) is 0.213. The van der Waals surface area contributed by atoms with E-state index >= 15 is 0 Å². The second-order valence-corrected chi connectivity index (χ2v) is 4.34. The van der Waals surface area contributed by atoms with Gasteiger partial charge >= 0.3 is 0 Å². The lowest BCUT2D eigenvalue weighted by atomic mass is 10.2. The molecule has 0 saturated heterocycles. The van der Waals surface area contributed by atoms with Crippen molar-refractivity contribution < 1.29 is 4.79 Å². The van der Waals surface area contributed by atoms with Crippen molar-refractivity contribution in [1.82, 2.24) is 5.01 Å². The van der Waals surface area contributed by atoms with Gasteiger partial charge < -0.3 is 4.79 Å². The Morgan fingerprint density at radius 3 is 2.41 bits per heavy atom. The van der Waals surface area contributed by atoms with Crippen LogP contribution in [-0.4, -0.2) is 23.6 Å². The Kier molecular flexibility index (Phi) is 5.40. The van der Waals surface area contributed by atoms with Crippen LogP contribution in [0.3, 0.4) is 0 Å². The van der Waals surface area contributed by atoms with Crippen molar-refractivity contribution in [3.05, 3.63) is 35.9 Å². The highest BCUT2D eigenvalue weighted by Crippen LogP contribution is 2.04. The molecule has 0 amide bonds. The van der Waals surface area contributed by atoms with Gasteiger partial charge in [-0.05, 0) is 25.8 Å². The van der Waals surface area contributed by atoms with Crippen LogP contribution in [0.4, 0.5) is 0 Å². The summed E-state index contributed by atoms with van der Waals surface area (Å²) in [5, 5.41) is 6.35. The predicted octanol–water partition coefficient (Wildman–Crippen LogP) is 2.86. The minimum absolute atomic E-state index is 0.213. The summed E-state index contributed by atoms with van der Waals surface area (Å²) in [6, 6.07) is 10.2. The van der Waals surface area contributed by atoms with Crippen molar-refractivity contribution in [3.8, 4) is 0 Å². The van der Waals surface area contributed by atoms with Crippen molar-refractivity contribution in [2.24, 2.45) is 5.10 Å². The molecule has 0 spiro atoms. The molecule has 0 bridgehead atoms. The SMILES string of the molecule is CC(=O)CC/C(C)=N/N(C)Cc1ccccc1. The second-order valence-electron chi connectivity index (χ2n) is 4.34. The summed E-state index contributed by atoms with van der Waals surface area (Å²) in [7, 11) is 1.95. The summed E-state index contributed by atoms with van der Waals surface area (Å²) in [6.45, 7) is 4.36. The Hall–Kier alpha value is -1.64. The molecule has 0 aromatic heterocycles. The maximum atomic E-state index is 10.9. The van der Waals surface area contributed by atoms with Gasteiger partial charge in [0, 0.05) is 19.2 Å². The van der Waals surface area contributed by atoms with Gasteiger partial charge in [-0.1, -0.05) is 30.3 Å². The Morgan fingerprint density at radius 2 is 1.82 bits per heavy atom. The fraction of sp³-hybridized carbons (Fsp3) is 0.429. The van der Waals surface area contributed by atoms with Crippen LogP contribution in [0.1, 0.15) is 32.3 Å². The lowest BCUT2D eigenvalue weighted by Crippen LogP contribution is -2.13. The van der Waals surface area contributed by atoms with Gasteiger partial charge in [0.1, 0.15) is 5.78 Å². The molecule has 1 rings (SSSR count). The van der Waals surface area contributed by atoms with E-state index in [4.69, 9.17) is 0 Å². The monoisotopic (exact) mass is 232 g/mol. The highest BCUT2D eigenvalue weighted by atomic mass is 16.1. The first-order valence-corrected chi connectivity index (χ1v) is 5.86. The van der Waals surface area contributed by atoms with E-state index in [0.29, 0.717) is 6.42 Å². The van der Waals surface area contributed by atoms with Gasteiger partial charge in [-0.2, -0.15) is 5.10 Å². The van der Waals surface area contributed by atoms with Gasteiger partial charge in [-0.25, -0.2) is 0 Å². The zero-order valence-electron chi connectivity index (χ0n) is 10.8. The number of carbonyl (C=O) groups is 1. The molecule has 0 saturated carbocycles. The molecule has 0 N–H and O–H groups in total. The Labute approximate surface area is 103 Å². The molecular weight excluding hydrogens is 212 g/mol. The van der Waals surface area contributed by atoms with Crippen molar-refractivity contribution in [2.45, 2.75) is 33.2 Å². The number of hydrazone groups is 1. The molecule has 0 radical (unpaired) electrons. The van der Waals surface area contributed by atoms with Crippen molar-refractivity contribution >= 4 is 11.5 Å². The molecule has 1 aromatic rings. The highest BCUT2D eigenvalue weighted by molar-refractivity contribution is 5.86. The second kappa shape index (κ2) is 6.84. The first-order valence-electron chi connectivity index (χ1n) is 5.86. The lowest BCUT2D eigenvalue weighted by Gasteiger charge is -2.14. The molecule has 3 nitrogen and oxygen atoms in total. The molecule has 0 atom stereocenters. The van der Waals surface area contributed by atoms with Gasteiger partial charge in [0.15, 0.2) is 0 Å². The third kappa shape index (κ3) is 5.85. The number of ketones is 1. The summed E-state index contributed by atoms with van der Waals surface area (Å²) in [5.41, 5.74) is 2.23. The van der Waals surface area contributed by atoms with Gasteiger partial charge in [-0.15, -0.1) is 0 Å². The maximum Gasteiger partial charge on any atom is 0.130 e. The summed E-state index contributed by atoms with van der Waals surface area (Å²) < 4.78 is 0. The fourth-order valence-electron chi connectivity index (χ4n) is 1.58. The summed E-state index contributed by atoms with van der Waals surface area (Å²) >= 11 is 0. The van der Waals surface area contributed by atoms with E-state index in [-0.39, 0.29) is 5.78 Å². The van der Waals surface area contributed by atoms with Crippen LogP contribution in [-0.2, 0) is 11.3 Å². The molecule has 0 aliphatic carbocycles. The number of Topliss-reactive ketones (excluding diaryl/α,β-unsaturated/α-hetero) is 1. The average molecular weight is 232 g/mol. The number of benzene rings is 1. The normalized spacial score (nSPS) is 11.4. The zero-order chi connectivity index (χ0) is 12.7. The average Bonchev–Trinajstić information content (AvgIpc) is 2.27. The van der Waals surface area contributed by atoms with Crippen LogP contribution in [0.25, 0.3) is 0 Å². The molecule has 17 heavy (non-hydrogen) atoms. The van der Waals surface area contributed by atoms with Gasteiger partial charge in [0.2, 0.25) is 0 Å². The van der Waals surface area contributed by atoms with Gasteiger partial charge in [-0.3, -0.25) is 5.01 Å². The first kappa shape index (κ1) is 13.4. The van der Waals surface area contributed by atoms with E-state index in [9.17, 15) is 4.79 Å². The molecular formula is C14H20N2O. The topological polar surface area (TPSA) is 32.7 Å². The predicted molar refractivity (Wildman–Crippen MR) is 70.9 cm³/mol. The first-order chi connectivity index (χ1) is 8.08. The lowest BCUT2D eigenvalue weighted by molar-refractivity contribution is -0.116. The number of rotatable bonds is 6. The minimum atomic E-state index is 0.213. The molecule has 0 aliphatic heterocycles. The van der Waals surface area contributed by atoms with Crippen LogP contribution in [0.2, 0.25) is 0 Å². The summed E-state index contributed by atoms with van der Waals surface area (Å²) in [4.78, 5) is 10.9. The Bertz CT molecular complexity index is 384. The van der Waals surface area contributed by atoms with E-state index < -0.39 is 0 Å². The van der Waals surface area contributed by atoms with E-state index in [2.05, 4.69) is 17.2 Å². The number of carbonyl (C=O) groups excluding carboxylic acids is 1. The van der Waals surface area contributed by atoms with Crippen LogP contribution in [0.5, 0.6) is 0 Å². The largest absolute Gasteiger partial charge is 0.300 e. The van der Waals surface area contributed by atoms with Crippen LogP contribution < -0.4 is 0 Å². The van der Waals surface area contributed by atoms with Crippen molar-refractivity contribution in [3.63, 3.8) is 0 Å².